The average molecular weight is 408 g/mol. The summed E-state index contributed by atoms with van der Waals surface area (Å²) in [7, 11) is 0. The van der Waals surface area contributed by atoms with Gasteiger partial charge < -0.3 is 4.90 Å². The van der Waals surface area contributed by atoms with Crippen molar-refractivity contribution >= 4 is 5.91 Å². The van der Waals surface area contributed by atoms with Crippen LogP contribution >= 0.6 is 0 Å². The fraction of sp³-hybridized carbons (Fsp3) is 0.273. The lowest BCUT2D eigenvalue weighted by molar-refractivity contribution is 0.0781. The van der Waals surface area contributed by atoms with Gasteiger partial charge in [0, 0.05) is 13.1 Å². The Morgan fingerprint density at radius 3 is 2.50 bits per heavy atom. The van der Waals surface area contributed by atoms with E-state index >= 15 is 0 Å². The quantitative estimate of drug-likeness (QED) is 0.663. The van der Waals surface area contributed by atoms with Crippen LogP contribution < -0.4 is 11.2 Å². The molecule has 4 rings (SSSR count). The van der Waals surface area contributed by atoms with Crippen LogP contribution in [0.5, 0.6) is 0 Å². The van der Waals surface area contributed by atoms with Gasteiger partial charge in [-0.15, -0.1) is 0 Å². The molecule has 0 spiro atoms. The number of carbonyl (C=O) groups is 1. The molecule has 7 nitrogen and oxygen atoms in total. The fourth-order valence-electron chi connectivity index (χ4n) is 3.63. The van der Waals surface area contributed by atoms with Gasteiger partial charge in [0.05, 0.1) is 12.2 Å². The topological polar surface area (TPSA) is 77.2 Å². The zero-order valence-corrected chi connectivity index (χ0v) is 16.5. The van der Waals surface area contributed by atoms with Crippen LogP contribution in [0, 0.1) is 12.7 Å². The summed E-state index contributed by atoms with van der Waals surface area (Å²) in [5.41, 5.74) is 0.0530. The van der Waals surface area contributed by atoms with Crippen LogP contribution in [0.15, 0.2) is 58.1 Å². The highest BCUT2D eigenvalue weighted by Gasteiger charge is 2.26. The molecule has 2 heterocycles. The highest BCUT2D eigenvalue weighted by Crippen LogP contribution is 2.11. The number of halogens is 1. The van der Waals surface area contributed by atoms with Gasteiger partial charge in [-0.25, -0.2) is 9.18 Å². The second-order valence-electron chi connectivity index (χ2n) is 7.40. The molecular formula is C22H21FN4O3. The van der Waals surface area contributed by atoms with E-state index in [1.165, 1.54) is 18.2 Å². The van der Waals surface area contributed by atoms with Crippen LogP contribution in [0.2, 0.25) is 0 Å². The smallest absolute Gasteiger partial charge is 0.337 e. The second kappa shape index (κ2) is 8.06. The first-order chi connectivity index (χ1) is 14.4. The molecule has 2 aromatic carbocycles. The van der Waals surface area contributed by atoms with Crippen molar-refractivity contribution < 1.29 is 9.18 Å². The molecule has 154 valence electrons. The number of carbonyl (C=O) groups excluding carboxylic acids is 1. The van der Waals surface area contributed by atoms with Crippen LogP contribution in [0.25, 0.3) is 5.69 Å². The predicted molar refractivity (Wildman–Crippen MR) is 109 cm³/mol. The summed E-state index contributed by atoms with van der Waals surface area (Å²) in [5.74, 6) is -1.06. The molecule has 1 amide bonds. The molecule has 1 aliphatic rings. The van der Waals surface area contributed by atoms with Crippen LogP contribution in [0.1, 0.15) is 34.5 Å². The zero-order valence-electron chi connectivity index (χ0n) is 16.5. The monoisotopic (exact) mass is 408 g/mol. The van der Waals surface area contributed by atoms with Gasteiger partial charge in [0.1, 0.15) is 5.82 Å². The lowest BCUT2D eigenvalue weighted by atomic mass is 10.1. The van der Waals surface area contributed by atoms with Crippen molar-refractivity contribution in [1.29, 1.82) is 0 Å². The van der Waals surface area contributed by atoms with Crippen molar-refractivity contribution in [1.82, 2.24) is 19.2 Å². The largest absolute Gasteiger partial charge is 0.352 e. The summed E-state index contributed by atoms with van der Waals surface area (Å²) in [6.45, 7) is 2.97. The van der Waals surface area contributed by atoms with E-state index in [1.807, 2.05) is 25.1 Å². The molecule has 3 aromatic rings. The SMILES string of the molecule is Cc1cccc(Cn2c(=O)c(C(=O)N3CCCC3)nn(-c3cccc(F)c3)c2=O)c1. The van der Waals surface area contributed by atoms with Crippen molar-refractivity contribution in [2.45, 2.75) is 26.3 Å². The maximum Gasteiger partial charge on any atom is 0.352 e. The first-order valence-corrected chi connectivity index (χ1v) is 9.79. The standard InChI is InChI=1S/C22H21FN4O3/c1-15-6-4-7-16(12-15)14-26-21(29)19(20(28)25-10-2-3-11-25)24-27(22(26)30)18-9-5-8-17(23)13-18/h4-9,12-13H,2-3,10-11,14H2,1H3. The van der Waals surface area contributed by atoms with Crippen LogP contribution in [-0.2, 0) is 6.54 Å². The van der Waals surface area contributed by atoms with E-state index in [4.69, 9.17) is 0 Å². The van der Waals surface area contributed by atoms with Crippen LogP contribution in [-0.4, -0.2) is 38.2 Å². The number of hydrogen-bond donors (Lipinski definition) is 0. The molecule has 0 aliphatic carbocycles. The van der Waals surface area contributed by atoms with E-state index in [9.17, 15) is 18.8 Å². The third-order valence-corrected chi connectivity index (χ3v) is 5.13. The minimum atomic E-state index is -0.744. The van der Waals surface area contributed by atoms with Gasteiger partial charge in [-0.2, -0.15) is 9.78 Å². The average Bonchev–Trinajstić information content (AvgIpc) is 3.26. The Bertz CT molecular complexity index is 1230. The number of nitrogens with zero attached hydrogens (tertiary/aromatic N) is 4. The third-order valence-electron chi connectivity index (χ3n) is 5.13. The summed E-state index contributed by atoms with van der Waals surface area (Å²) < 4.78 is 15.7. The van der Waals surface area contributed by atoms with Gasteiger partial charge in [-0.3, -0.25) is 14.2 Å². The molecule has 0 unspecified atom stereocenters. The van der Waals surface area contributed by atoms with E-state index < -0.39 is 23.0 Å². The van der Waals surface area contributed by atoms with E-state index in [-0.39, 0.29) is 17.9 Å². The number of rotatable bonds is 4. The Morgan fingerprint density at radius 2 is 1.80 bits per heavy atom. The molecule has 1 aliphatic heterocycles. The molecule has 8 heteroatoms. The van der Waals surface area contributed by atoms with Gasteiger partial charge in [0.15, 0.2) is 0 Å². The molecular weight excluding hydrogens is 387 g/mol. The van der Waals surface area contributed by atoms with Gasteiger partial charge >= 0.3 is 5.69 Å². The Balaban J connectivity index is 1.90. The molecule has 1 saturated heterocycles. The minimum absolute atomic E-state index is 0.0164. The van der Waals surface area contributed by atoms with Crippen molar-refractivity contribution in [3.05, 3.63) is 92.0 Å². The fourth-order valence-corrected chi connectivity index (χ4v) is 3.63. The van der Waals surface area contributed by atoms with E-state index in [2.05, 4.69) is 5.10 Å². The number of aromatic nitrogens is 3. The van der Waals surface area contributed by atoms with E-state index in [0.717, 1.165) is 39.3 Å². The number of hydrogen-bond acceptors (Lipinski definition) is 4. The number of benzene rings is 2. The zero-order chi connectivity index (χ0) is 21.3. The summed E-state index contributed by atoms with van der Waals surface area (Å²) in [5, 5.41) is 4.06. The van der Waals surface area contributed by atoms with Gasteiger partial charge in [0.2, 0.25) is 5.69 Å². The molecule has 0 saturated carbocycles. The summed E-state index contributed by atoms with van der Waals surface area (Å²) >= 11 is 0. The Kier molecular flexibility index (Phi) is 5.31. The van der Waals surface area contributed by atoms with E-state index in [0.29, 0.717) is 13.1 Å². The highest BCUT2D eigenvalue weighted by atomic mass is 19.1. The summed E-state index contributed by atoms with van der Waals surface area (Å²) in [4.78, 5) is 40.7. The molecule has 1 aromatic heterocycles. The summed E-state index contributed by atoms with van der Waals surface area (Å²) in [6.07, 6.45) is 1.71. The first kappa shape index (κ1) is 19.8. The van der Waals surface area contributed by atoms with Gasteiger partial charge in [0.25, 0.3) is 11.5 Å². The molecule has 0 atom stereocenters. The molecule has 1 fully saturated rings. The molecule has 0 radical (unpaired) electrons. The van der Waals surface area contributed by atoms with Crippen molar-refractivity contribution in [2.75, 3.05) is 13.1 Å². The van der Waals surface area contributed by atoms with E-state index in [1.54, 1.807) is 11.0 Å². The van der Waals surface area contributed by atoms with Gasteiger partial charge in [-0.05, 0) is 43.5 Å². The number of likely N-dealkylation sites (tertiary alicyclic amines) is 1. The normalized spacial score (nSPS) is 13.6. The van der Waals surface area contributed by atoms with Crippen LogP contribution in [0.3, 0.4) is 0 Å². The molecule has 0 bridgehead atoms. The van der Waals surface area contributed by atoms with Crippen molar-refractivity contribution in [2.24, 2.45) is 0 Å². The predicted octanol–water partition coefficient (Wildman–Crippen LogP) is 2.13. The molecule has 0 N–H and O–H groups in total. The lowest BCUT2D eigenvalue weighted by Gasteiger charge is -2.16. The van der Waals surface area contributed by atoms with Crippen molar-refractivity contribution in [3.63, 3.8) is 0 Å². The first-order valence-electron chi connectivity index (χ1n) is 9.79. The van der Waals surface area contributed by atoms with Crippen LogP contribution in [0.4, 0.5) is 4.39 Å². The Hall–Kier alpha value is -3.55. The Morgan fingerprint density at radius 1 is 1.07 bits per heavy atom. The maximum atomic E-state index is 13.8. The van der Waals surface area contributed by atoms with Crippen molar-refractivity contribution in [3.8, 4) is 5.69 Å². The summed E-state index contributed by atoms with van der Waals surface area (Å²) in [6, 6.07) is 12.7. The second-order valence-corrected chi connectivity index (χ2v) is 7.40. The number of amides is 1. The lowest BCUT2D eigenvalue weighted by Crippen LogP contribution is -2.46. The maximum absolute atomic E-state index is 13.8. The number of aryl methyl sites for hydroxylation is 1. The Labute approximate surface area is 172 Å². The third kappa shape index (κ3) is 3.80. The molecule has 30 heavy (non-hydrogen) atoms. The minimum Gasteiger partial charge on any atom is -0.337 e. The van der Waals surface area contributed by atoms with Gasteiger partial charge in [-0.1, -0.05) is 35.9 Å². The highest BCUT2D eigenvalue weighted by molar-refractivity contribution is 5.92.